The molecule has 1 atom stereocenters. The summed E-state index contributed by atoms with van der Waals surface area (Å²) < 4.78 is 55.2. The molecule has 28 heavy (non-hydrogen) atoms. The van der Waals surface area contributed by atoms with Gasteiger partial charge in [-0.25, -0.2) is 27.5 Å². The van der Waals surface area contributed by atoms with Crippen molar-refractivity contribution in [2.24, 2.45) is 0 Å². The molecule has 0 saturated carbocycles. The van der Waals surface area contributed by atoms with Crippen LogP contribution in [0.5, 0.6) is 0 Å². The maximum Gasteiger partial charge on any atom is 0.266 e. The first-order valence-corrected chi connectivity index (χ1v) is 9.24. The lowest BCUT2D eigenvalue weighted by Crippen LogP contribution is -2.50. The SMILES string of the molecule is Fc1c(C(F)F)cc2c(nc(N3CCN4CCCC4C3)c3nccnc32)c1F. The molecular formula is C19H17F4N5. The van der Waals surface area contributed by atoms with E-state index in [4.69, 9.17) is 0 Å². The van der Waals surface area contributed by atoms with E-state index in [0.717, 1.165) is 32.0 Å². The third-order valence-corrected chi connectivity index (χ3v) is 5.71. The Morgan fingerprint density at radius 3 is 2.54 bits per heavy atom. The van der Waals surface area contributed by atoms with Crippen molar-refractivity contribution in [3.05, 3.63) is 35.7 Å². The highest BCUT2D eigenvalue weighted by Crippen LogP contribution is 2.36. The van der Waals surface area contributed by atoms with Crippen LogP contribution in [0.4, 0.5) is 23.4 Å². The Morgan fingerprint density at radius 2 is 1.75 bits per heavy atom. The Kier molecular flexibility index (Phi) is 4.08. The van der Waals surface area contributed by atoms with Gasteiger partial charge in [0.2, 0.25) is 0 Å². The molecular weight excluding hydrogens is 374 g/mol. The molecule has 0 spiro atoms. The molecule has 5 nitrogen and oxygen atoms in total. The number of hydrogen-bond acceptors (Lipinski definition) is 5. The minimum atomic E-state index is -3.14. The van der Waals surface area contributed by atoms with Gasteiger partial charge in [0.25, 0.3) is 6.43 Å². The van der Waals surface area contributed by atoms with E-state index in [9.17, 15) is 17.6 Å². The van der Waals surface area contributed by atoms with Crippen LogP contribution in [0.25, 0.3) is 21.9 Å². The van der Waals surface area contributed by atoms with Crippen LogP contribution in [0.3, 0.4) is 0 Å². The van der Waals surface area contributed by atoms with Crippen LogP contribution < -0.4 is 4.90 Å². The lowest BCUT2D eigenvalue weighted by Gasteiger charge is -2.38. The van der Waals surface area contributed by atoms with E-state index in [1.54, 1.807) is 0 Å². The molecule has 146 valence electrons. The minimum Gasteiger partial charge on any atom is -0.352 e. The number of hydrogen-bond donors (Lipinski definition) is 0. The molecule has 2 aliphatic heterocycles. The van der Waals surface area contributed by atoms with Gasteiger partial charge in [0.1, 0.15) is 16.6 Å². The van der Waals surface area contributed by atoms with Crippen LogP contribution in [0, 0.1) is 11.6 Å². The molecule has 2 aromatic heterocycles. The Morgan fingerprint density at radius 1 is 0.964 bits per heavy atom. The predicted molar refractivity (Wildman–Crippen MR) is 96.5 cm³/mol. The number of rotatable bonds is 2. The highest BCUT2D eigenvalue weighted by molar-refractivity contribution is 6.06. The highest BCUT2D eigenvalue weighted by Gasteiger charge is 2.33. The average Bonchev–Trinajstić information content (AvgIpc) is 3.17. The van der Waals surface area contributed by atoms with Gasteiger partial charge in [0.05, 0.1) is 5.56 Å². The van der Waals surface area contributed by atoms with Crippen molar-refractivity contribution in [1.82, 2.24) is 19.9 Å². The van der Waals surface area contributed by atoms with Gasteiger partial charge in [-0.15, -0.1) is 0 Å². The van der Waals surface area contributed by atoms with Crippen LogP contribution in [0.1, 0.15) is 24.8 Å². The molecule has 3 aromatic rings. The van der Waals surface area contributed by atoms with Crippen LogP contribution >= 0.6 is 0 Å². The molecule has 0 amide bonds. The first-order chi connectivity index (χ1) is 13.5. The van der Waals surface area contributed by atoms with Gasteiger partial charge in [-0.1, -0.05) is 0 Å². The molecule has 0 radical (unpaired) electrons. The zero-order valence-corrected chi connectivity index (χ0v) is 14.9. The zero-order chi connectivity index (χ0) is 19.4. The van der Waals surface area contributed by atoms with Crippen molar-refractivity contribution in [2.75, 3.05) is 31.1 Å². The number of benzene rings is 1. The number of alkyl halides is 2. The van der Waals surface area contributed by atoms with Crippen molar-refractivity contribution < 1.29 is 17.6 Å². The summed E-state index contributed by atoms with van der Waals surface area (Å²) in [6, 6.07) is 1.32. The van der Waals surface area contributed by atoms with E-state index in [0.29, 0.717) is 30.5 Å². The van der Waals surface area contributed by atoms with Crippen LogP contribution in [-0.2, 0) is 0 Å². The lowest BCUT2D eigenvalue weighted by atomic mass is 10.1. The fourth-order valence-electron chi connectivity index (χ4n) is 4.35. The topological polar surface area (TPSA) is 45.2 Å². The fourth-order valence-corrected chi connectivity index (χ4v) is 4.35. The molecule has 0 N–H and O–H groups in total. The second-order valence-electron chi connectivity index (χ2n) is 7.26. The maximum absolute atomic E-state index is 14.7. The second-order valence-corrected chi connectivity index (χ2v) is 7.26. The standard InChI is InChI=1S/C19H17F4N5/c20-13-11(18(22)23)8-12-15(14(13)21)26-19(17-16(12)24-3-4-25-17)28-7-6-27-5-1-2-10(27)9-28/h3-4,8,10,18H,1-2,5-7,9H2. The zero-order valence-electron chi connectivity index (χ0n) is 14.9. The van der Waals surface area contributed by atoms with E-state index in [2.05, 4.69) is 19.9 Å². The number of fused-ring (bicyclic) bond motifs is 4. The van der Waals surface area contributed by atoms with Crippen molar-refractivity contribution in [1.29, 1.82) is 0 Å². The molecule has 5 rings (SSSR count). The summed E-state index contributed by atoms with van der Waals surface area (Å²) in [5.74, 6) is -2.52. The number of pyridine rings is 1. The quantitative estimate of drug-likeness (QED) is 0.493. The monoisotopic (exact) mass is 391 g/mol. The van der Waals surface area contributed by atoms with Gasteiger partial charge in [-0.3, -0.25) is 9.88 Å². The van der Waals surface area contributed by atoms with E-state index in [1.165, 1.54) is 12.4 Å². The molecule has 2 fully saturated rings. The van der Waals surface area contributed by atoms with Gasteiger partial charge in [-0.2, -0.15) is 0 Å². The molecule has 9 heteroatoms. The normalized spacial score (nSPS) is 20.5. The lowest BCUT2D eigenvalue weighted by molar-refractivity contribution is 0.145. The molecule has 2 saturated heterocycles. The summed E-state index contributed by atoms with van der Waals surface area (Å²) in [4.78, 5) is 17.3. The third-order valence-electron chi connectivity index (χ3n) is 5.71. The fraction of sp³-hybridized carbons (Fsp3) is 0.421. The number of anilines is 1. The number of aromatic nitrogens is 3. The average molecular weight is 391 g/mol. The van der Waals surface area contributed by atoms with Gasteiger partial charge in [-0.05, 0) is 25.5 Å². The van der Waals surface area contributed by atoms with E-state index >= 15 is 0 Å². The Balaban J connectivity index is 1.73. The molecule has 0 bridgehead atoms. The van der Waals surface area contributed by atoms with Gasteiger partial charge in [0, 0.05) is 43.5 Å². The molecule has 2 aliphatic rings. The van der Waals surface area contributed by atoms with Crippen molar-refractivity contribution >= 4 is 27.8 Å². The highest BCUT2D eigenvalue weighted by atomic mass is 19.3. The van der Waals surface area contributed by atoms with Crippen molar-refractivity contribution in [2.45, 2.75) is 25.3 Å². The summed E-state index contributed by atoms with van der Waals surface area (Å²) >= 11 is 0. The van der Waals surface area contributed by atoms with Crippen molar-refractivity contribution in [3.63, 3.8) is 0 Å². The smallest absolute Gasteiger partial charge is 0.266 e. The van der Waals surface area contributed by atoms with E-state index < -0.39 is 23.6 Å². The number of halogens is 4. The Bertz CT molecular complexity index is 1070. The van der Waals surface area contributed by atoms with Gasteiger partial charge < -0.3 is 4.90 Å². The van der Waals surface area contributed by atoms with E-state index in [1.807, 2.05) is 4.90 Å². The summed E-state index contributed by atoms with van der Waals surface area (Å²) in [6.07, 6.45) is 1.97. The van der Waals surface area contributed by atoms with E-state index in [-0.39, 0.29) is 16.4 Å². The van der Waals surface area contributed by atoms with Crippen LogP contribution in [-0.4, -0.2) is 52.1 Å². The van der Waals surface area contributed by atoms with Crippen LogP contribution in [0.15, 0.2) is 18.5 Å². The number of nitrogens with zero attached hydrogens (tertiary/aromatic N) is 5. The number of piperazine rings is 1. The largest absolute Gasteiger partial charge is 0.352 e. The van der Waals surface area contributed by atoms with Gasteiger partial charge >= 0.3 is 0 Å². The summed E-state index contributed by atoms with van der Waals surface area (Å²) in [7, 11) is 0. The van der Waals surface area contributed by atoms with Gasteiger partial charge in [0.15, 0.2) is 17.5 Å². The van der Waals surface area contributed by atoms with Crippen molar-refractivity contribution in [3.8, 4) is 0 Å². The first-order valence-electron chi connectivity index (χ1n) is 9.24. The predicted octanol–water partition coefficient (Wildman–Crippen LogP) is 3.68. The molecule has 0 aliphatic carbocycles. The van der Waals surface area contributed by atoms with Crippen LogP contribution in [0.2, 0.25) is 0 Å². The molecule has 1 unspecified atom stereocenters. The summed E-state index contributed by atoms with van der Waals surface area (Å²) in [5.41, 5.74) is -0.630. The second kappa shape index (κ2) is 6.51. The maximum atomic E-state index is 14.7. The third kappa shape index (κ3) is 2.60. The summed E-state index contributed by atoms with van der Waals surface area (Å²) in [5, 5.41) is 0.0422. The molecule has 4 heterocycles. The Labute approximate surface area is 158 Å². The Hall–Kier alpha value is -2.55. The first kappa shape index (κ1) is 17.5. The summed E-state index contributed by atoms with van der Waals surface area (Å²) in [6.45, 7) is 3.32. The molecule has 1 aromatic carbocycles. The minimum absolute atomic E-state index is 0.0422.